The lowest BCUT2D eigenvalue weighted by molar-refractivity contribution is -0.145. The van der Waals surface area contributed by atoms with Crippen molar-refractivity contribution in [3.8, 4) is 5.75 Å². The molecule has 0 saturated carbocycles. The van der Waals surface area contributed by atoms with Crippen LogP contribution in [0.4, 0.5) is 17.6 Å². The molecule has 1 fully saturated rings. The van der Waals surface area contributed by atoms with Crippen molar-refractivity contribution < 1.29 is 27.4 Å². The number of aliphatic hydroxyl groups excluding tert-OH is 1. The molecule has 3 N–H and O–H groups in total. The predicted molar refractivity (Wildman–Crippen MR) is 87.1 cm³/mol. The summed E-state index contributed by atoms with van der Waals surface area (Å²) in [5, 5.41) is 21.0. The van der Waals surface area contributed by atoms with E-state index in [9.17, 15) is 22.7 Å². The lowest BCUT2D eigenvalue weighted by Gasteiger charge is -2.28. The fourth-order valence-electron chi connectivity index (χ4n) is 2.42. The third-order valence-corrected chi connectivity index (χ3v) is 4.00. The van der Waals surface area contributed by atoms with E-state index < -0.39 is 23.9 Å². The van der Waals surface area contributed by atoms with Crippen molar-refractivity contribution in [1.29, 1.82) is 5.41 Å². The molecule has 6 nitrogen and oxygen atoms in total. The van der Waals surface area contributed by atoms with Crippen LogP contribution in [0.25, 0.3) is 0 Å². The molecule has 144 valence electrons. The Balaban J connectivity index is 1.64. The smallest absolute Gasteiger partial charge is 0.451 e. The number of hydrogen-bond acceptors (Lipinski definition) is 6. The number of benzene rings is 1. The summed E-state index contributed by atoms with van der Waals surface area (Å²) < 4.78 is 56.9. The summed E-state index contributed by atoms with van der Waals surface area (Å²) in [5.41, 5.74) is 0.143. The quantitative estimate of drug-likeness (QED) is 0.525. The van der Waals surface area contributed by atoms with Gasteiger partial charge in [0.25, 0.3) is 0 Å². The van der Waals surface area contributed by atoms with Gasteiger partial charge in [-0.3, -0.25) is 0 Å². The predicted octanol–water partition coefficient (Wildman–Crippen LogP) is 2.28. The zero-order valence-electron chi connectivity index (χ0n) is 13.9. The molecule has 0 bridgehead atoms. The summed E-state index contributed by atoms with van der Waals surface area (Å²) in [7, 11) is 0. The molecule has 2 heterocycles. The van der Waals surface area contributed by atoms with E-state index in [-0.39, 0.29) is 29.5 Å². The van der Waals surface area contributed by atoms with Gasteiger partial charge in [0.2, 0.25) is 5.82 Å². The number of nitrogens with one attached hydrogen (secondary N) is 2. The molecule has 0 aliphatic carbocycles. The van der Waals surface area contributed by atoms with E-state index in [2.05, 4.69) is 15.3 Å². The second-order valence-electron chi connectivity index (χ2n) is 6.11. The zero-order valence-corrected chi connectivity index (χ0v) is 13.9. The standard InChI is InChI=1S/C17H16F4N4O2/c18-12-3-9(1-2-14(12)27-11-7-23-8-11)4-13(22)15(26)10-5-24-16(25-6-10)17(19,20)21/h1-3,5-6,11,15,22-23,26H,4,7-8H2. The summed E-state index contributed by atoms with van der Waals surface area (Å²) in [6, 6.07) is 4.21. The zero-order chi connectivity index (χ0) is 19.6. The highest BCUT2D eigenvalue weighted by Gasteiger charge is 2.34. The summed E-state index contributed by atoms with van der Waals surface area (Å²) in [5.74, 6) is -1.81. The van der Waals surface area contributed by atoms with Crippen molar-refractivity contribution in [2.24, 2.45) is 0 Å². The summed E-state index contributed by atoms with van der Waals surface area (Å²) in [6.07, 6.45) is -4.71. The molecule has 0 spiro atoms. The maximum absolute atomic E-state index is 14.1. The largest absolute Gasteiger partial charge is 0.485 e. The number of alkyl halides is 3. The average molecular weight is 384 g/mol. The van der Waals surface area contributed by atoms with Crippen LogP contribution in [-0.2, 0) is 12.6 Å². The Morgan fingerprint density at radius 3 is 2.48 bits per heavy atom. The third-order valence-electron chi connectivity index (χ3n) is 4.00. The van der Waals surface area contributed by atoms with E-state index in [1.54, 1.807) is 6.07 Å². The van der Waals surface area contributed by atoms with E-state index >= 15 is 0 Å². The van der Waals surface area contributed by atoms with Gasteiger partial charge in [0.05, 0.1) is 0 Å². The van der Waals surface area contributed by atoms with Gasteiger partial charge >= 0.3 is 6.18 Å². The van der Waals surface area contributed by atoms with Crippen molar-refractivity contribution in [2.45, 2.75) is 24.8 Å². The van der Waals surface area contributed by atoms with Gasteiger partial charge in [-0.05, 0) is 17.7 Å². The number of aliphatic hydroxyl groups is 1. The minimum absolute atomic E-state index is 0.0501. The van der Waals surface area contributed by atoms with Gasteiger partial charge in [-0.15, -0.1) is 0 Å². The van der Waals surface area contributed by atoms with Crippen LogP contribution in [0.2, 0.25) is 0 Å². The highest BCUT2D eigenvalue weighted by atomic mass is 19.4. The Morgan fingerprint density at radius 2 is 1.96 bits per heavy atom. The van der Waals surface area contributed by atoms with E-state index in [4.69, 9.17) is 10.1 Å². The van der Waals surface area contributed by atoms with E-state index in [0.29, 0.717) is 18.7 Å². The van der Waals surface area contributed by atoms with E-state index in [0.717, 1.165) is 12.4 Å². The second-order valence-corrected chi connectivity index (χ2v) is 6.11. The number of ether oxygens (including phenoxy) is 1. The van der Waals surface area contributed by atoms with Crippen molar-refractivity contribution in [3.63, 3.8) is 0 Å². The van der Waals surface area contributed by atoms with Crippen LogP contribution >= 0.6 is 0 Å². The maximum Gasteiger partial charge on any atom is 0.451 e. The van der Waals surface area contributed by atoms with Crippen LogP contribution in [0.5, 0.6) is 5.75 Å². The SMILES string of the molecule is N=C(Cc1ccc(OC2CNC2)c(F)c1)C(O)c1cnc(C(F)(F)F)nc1. The van der Waals surface area contributed by atoms with Crippen molar-refractivity contribution in [3.05, 3.63) is 53.4 Å². The molecular formula is C17H16F4N4O2. The highest BCUT2D eigenvalue weighted by Crippen LogP contribution is 2.26. The number of rotatable bonds is 6. The van der Waals surface area contributed by atoms with Gasteiger partial charge in [-0.1, -0.05) is 6.07 Å². The van der Waals surface area contributed by atoms with Crippen molar-refractivity contribution >= 4 is 5.71 Å². The third kappa shape index (κ3) is 4.58. The topological polar surface area (TPSA) is 91.1 Å². The van der Waals surface area contributed by atoms with E-state index in [1.807, 2.05) is 0 Å². The van der Waals surface area contributed by atoms with Gasteiger partial charge in [-0.25, -0.2) is 14.4 Å². The fourth-order valence-corrected chi connectivity index (χ4v) is 2.42. The van der Waals surface area contributed by atoms with Crippen LogP contribution in [0.1, 0.15) is 23.1 Å². The highest BCUT2D eigenvalue weighted by molar-refractivity contribution is 5.88. The Kier molecular flexibility index (Phi) is 5.38. The molecule has 1 saturated heterocycles. The van der Waals surface area contributed by atoms with Crippen molar-refractivity contribution in [2.75, 3.05) is 13.1 Å². The first-order chi connectivity index (χ1) is 12.7. The summed E-state index contributed by atoms with van der Waals surface area (Å²) >= 11 is 0. The molecule has 1 atom stereocenters. The van der Waals surface area contributed by atoms with Gasteiger partial charge in [0.15, 0.2) is 11.6 Å². The molecule has 10 heteroatoms. The van der Waals surface area contributed by atoms with Gasteiger partial charge in [0, 0.05) is 43.2 Å². The first-order valence-corrected chi connectivity index (χ1v) is 8.04. The molecule has 1 aromatic carbocycles. The van der Waals surface area contributed by atoms with Crippen molar-refractivity contribution in [1.82, 2.24) is 15.3 Å². The monoisotopic (exact) mass is 384 g/mol. The van der Waals surface area contributed by atoms with Crippen LogP contribution in [0.3, 0.4) is 0 Å². The molecule has 27 heavy (non-hydrogen) atoms. The molecule has 1 unspecified atom stereocenters. The molecule has 0 radical (unpaired) electrons. The molecular weight excluding hydrogens is 368 g/mol. The van der Waals surface area contributed by atoms with Gasteiger partial charge < -0.3 is 20.6 Å². The molecule has 2 aromatic rings. The second kappa shape index (κ2) is 7.57. The van der Waals surface area contributed by atoms with Crippen LogP contribution in [0, 0.1) is 11.2 Å². The lowest BCUT2D eigenvalue weighted by atomic mass is 10.0. The first-order valence-electron chi connectivity index (χ1n) is 8.04. The minimum atomic E-state index is -4.69. The van der Waals surface area contributed by atoms with Gasteiger partial charge in [-0.2, -0.15) is 13.2 Å². The van der Waals surface area contributed by atoms with Crippen LogP contribution in [-0.4, -0.2) is 40.0 Å². The number of hydrogen-bond donors (Lipinski definition) is 3. The average Bonchev–Trinajstić information content (AvgIpc) is 2.58. The van der Waals surface area contributed by atoms with Crippen LogP contribution in [0.15, 0.2) is 30.6 Å². The summed E-state index contributed by atoms with van der Waals surface area (Å²) in [6.45, 7) is 1.29. The number of halogens is 4. The van der Waals surface area contributed by atoms with E-state index in [1.165, 1.54) is 12.1 Å². The Morgan fingerprint density at radius 1 is 1.30 bits per heavy atom. The molecule has 1 aliphatic rings. The molecule has 1 aromatic heterocycles. The Hall–Kier alpha value is -2.59. The normalized spacial score (nSPS) is 15.9. The Labute approximate surface area is 151 Å². The summed E-state index contributed by atoms with van der Waals surface area (Å²) in [4.78, 5) is 6.31. The lowest BCUT2D eigenvalue weighted by Crippen LogP contribution is -2.50. The first kappa shape index (κ1) is 19.2. The van der Waals surface area contributed by atoms with Crippen LogP contribution < -0.4 is 10.1 Å². The molecule has 0 amide bonds. The fraction of sp³-hybridized carbons (Fsp3) is 0.353. The molecule has 1 aliphatic heterocycles. The number of nitrogens with zero attached hydrogens (tertiary/aromatic N) is 2. The maximum atomic E-state index is 14.1. The molecule has 3 rings (SSSR count). The Bertz CT molecular complexity index is 823. The van der Waals surface area contributed by atoms with Gasteiger partial charge in [0.1, 0.15) is 12.2 Å². The number of aromatic nitrogens is 2. The minimum Gasteiger partial charge on any atom is -0.485 e.